The quantitative estimate of drug-likeness (QED) is 0.776. The first-order chi connectivity index (χ1) is 9.94. The number of hydrogen-bond donors (Lipinski definition) is 0. The predicted molar refractivity (Wildman–Crippen MR) is 78.0 cm³/mol. The van der Waals surface area contributed by atoms with Gasteiger partial charge in [0.1, 0.15) is 0 Å². The molecule has 1 aromatic rings. The molecular formula is C13H21N5O2S. The molecule has 1 saturated heterocycles. The van der Waals surface area contributed by atoms with Gasteiger partial charge in [0.25, 0.3) is 0 Å². The van der Waals surface area contributed by atoms with Crippen molar-refractivity contribution < 1.29 is 9.53 Å². The molecule has 0 aromatic carbocycles. The van der Waals surface area contributed by atoms with Gasteiger partial charge in [-0.3, -0.25) is 4.79 Å². The van der Waals surface area contributed by atoms with Crippen molar-refractivity contribution in [3.05, 3.63) is 0 Å². The second-order valence-electron chi connectivity index (χ2n) is 6.39. The van der Waals surface area contributed by atoms with Crippen molar-refractivity contribution in [1.29, 1.82) is 0 Å². The molecule has 0 bridgehead atoms. The van der Waals surface area contributed by atoms with E-state index in [9.17, 15) is 4.79 Å². The van der Waals surface area contributed by atoms with Crippen LogP contribution in [-0.4, -0.2) is 61.6 Å². The van der Waals surface area contributed by atoms with Crippen LogP contribution >= 0.6 is 11.8 Å². The maximum atomic E-state index is 12.4. The van der Waals surface area contributed by atoms with Crippen molar-refractivity contribution in [2.75, 3.05) is 18.8 Å². The van der Waals surface area contributed by atoms with E-state index in [1.54, 1.807) is 0 Å². The van der Waals surface area contributed by atoms with Gasteiger partial charge < -0.3 is 9.64 Å². The van der Waals surface area contributed by atoms with Gasteiger partial charge in [0.05, 0.1) is 23.5 Å². The van der Waals surface area contributed by atoms with Gasteiger partial charge in [-0.2, -0.15) is 0 Å². The van der Waals surface area contributed by atoms with Gasteiger partial charge in [0.2, 0.25) is 11.1 Å². The number of aromatic nitrogens is 4. The first kappa shape index (κ1) is 14.8. The Morgan fingerprint density at radius 3 is 2.90 bits per heavy atom. The van der Waals surface area contributed by atoms with Crippen LogP contribution in [0.5, 0.6) is 0 Å². The van der Waals surface area contributed by atoms with Gasteiger partial charge in [-0.05, 0) is 44.0 Å². The third-order valence-electron chi connectivity index (χ3n) is 3.60. The Morgan fingerprint density at radius 1 is 1.48 bits per heavy atom. The molecule has 1 aliphatic heterocycles. The molecular weight excluding hydrogens is 290 g/mol. The van der Waals surface area contributed by atoms with E-state index in [4.69, 9.17) is 4.74 Å². The lowest BCUT2D eigenvalue weighted by Crippen LogP contribution is -2.54. The highest BCUT2D eigenvalue weighted by Crippen LogP contribution is 2.36. The largest absolute Gasteiger partial charge is 0.369 e. The highest BCUT2D eigenvalue weighted by Gasteiger charge is 2.34. The summed E-state index contributed by atoms with van der Waals surface area (Å²) in [6, 6.07) is 0.431. The van der Waals surface area contributed by atoms with Crippen LogP contribution in [0.25, 0.3) is 0 Å². The smallest absolute Gasteiger partial charge is 0.233 e. The molecule has 2 fully saturated rings. The van der Waals surface area contributed by atoms with Crippen molar-refractivity contribution in [3.63, 3.8) is 0 Å². The van der Waals surface area contributed by atoms with Gasteiger partial charge in [-0.1, -0.05) is 11.8 Å². The first-order valence-electron chi connectivity index (χ1n) is 7.31. The molecule has 21 heavy (non-hydrogen) atoms. The number of carbonyl (C=O) groups excluding carboxylic acids is 1. The molecule has 1 saturated carbocycles. The van der Waals surface area contributed by atoms with Gasteiger partial charge in [-0.25, -0.2) is 4.68 Å². The molecule has 7 nitrogen and oxygen atoms in total. The predicted octanol–water partition coefficient (Wildman–Crippen LogP) is 1.13. The Kier molecular flexibility index (Phi) is 3.92. The number of thioether (sulfide) groups is 1. The van der Waals surface area contributed by atoms with Crippen LogP contribution in [0.3, 0.4) is 0 Å². The fourth-order valence-corrected chi connectivity index (χ4v) is 3.54. The van der Waals surface area contributed by atoms with E-state index in [1.807, 2.05) is 30.4 Å². The standard InChI is InChI=1S/C13H21N5O2S/c1-9-6-17(8-13(2,3)20-9)11(19)7-21-12-14-15-16-18(12)10-4-5-10/h9-10H,4-8H2,1-3H3. The van der Waals surface area contributed by atoms with Crippen LogP contribution in [0.15, 0.2) is 5.16 Å². The SMILES string of the molecule is CC1CN(C(=O)CSc2nnnn2C2CC2)CC(C)(C)O1. The van der Waals surface area contributed by atoms with Crippen LogP contribution in [0, 0.1) is 0 Å². The number of ether oxygens (including phenoxy) is 1. The fraction of sp³-hybridized carbons (Fsp3) is 0.846. The number of carbonyl (C=O) groups is 1. The molecule has 0 radical (unpaired) electrons. The molecule has 3 rings (SSSR count). The van der Waals surface area contributed by atoms with Crippen molar-refractivity contribution in [2.45, 2.75) is 56.5 Å². The number of amides is 1. The molecule has 1 atom stereocenters. The lowest BCUT2D eigenvalue weighted by atomic mass is 10.1. The molecule has 8 heteroatoms. The summed E-state index contributed by atoms with van der Waals surface area (Å²) in [4.78, 5) is 14.3. The number of hydrogen-bond acceptors (Lipinski definition) is 6. The first-order valence-corrected chi connectivity index (χ1v) is 8.29. The zero-order chi connectivity index (χ0) is 15.0. The van der Waals surface area contributed by atoms with Crippen molar-refractivity contribution in [2.24, 2.45) is 0 Å². The minimum atomic E-state index is -0.284. The molecule has 1 aromatic heterocycles. The fourth-order valence-electron chi connectivity index (χ4n) is 2.69. The Labute approximate surface area is 128 Å². The monoisotopic (exact) mass is 311 g/mol. The highest BCUT2D eigenvalue weighted by atomic mass is 32.2. The Balaban J connectivity index is 1.57. The number of tetrazole rings is 1. The summed E-state index contributed by atoms with van der Waals surface area (Å²) >= 11 is 1.42. The van der Waals surface area contributed by atoms with Crippen LogP contribution in [0.1, 0.15) is 39.7 Å². The summed E-state index contributed by atoms with van der Waals surface area (Å²) in [5.41, 5.74) is -0.284. The zero-order valence-electron chi connectivity index (χ0n) is 12.7. The summed E-state index contributed by atoms with van der Waals surface area (Å²) < 4.78 is 7.66. The van der Waals surface area contributed by atoms with Gasteiger partial charge in [0, 0.05) is 13.1 Å². The minimum Gasteiger partial charge on any atom is -0.369 e. The zero-order valence-corrected chi connectivity index (χ0v) is 13.5. The Morgan fingerprint density at radius 2 is 2.24 bits per heavy atom. The normalized spacial score (nSPS) is 25.1. The van der Waals surface area contributed by atoms with E-state index in [2.05, 4.69) is 15.5 Å². The second-order valence-corrected chi connectivity index (χ2v) is 7.33. The van der Waals surface area contributed by atoms with E-state index in [0.717, 1.165) is 18.0 Å². The summed E-state index contributed by atoms with van der Waals surface area (Å²) in [6.07, 6.45) is 2.32. The van der Waals surface area contributed by atoms with Crippen molar-refractivity contribution in [3.8, 4) is 0 Å². The van der Waals surface area contributed by atoms with Crippen LogP contribution in [-0.2, 0) is 9.53 Å². The highest BCUT2D eigenvalue weighted by molar-refractivity contribution is 7.99. The van der Waals surface area contributed by atoms with Crippen LogP contribution < -0.4 is 0 Å². The van der Waals surface area contributed by atoms with E-state index < -0.39 is 0 Å². The Bertz CT molecular complexity index is 528. The second kappa shape index (κ2) is 5.57. The third kappa shape index (κ3) is 3.55. The number of nitrogens with zero attached hydrogens (tertiary/aromatic N) is 5. The summed E-state index contributed by atoms with van der Waals surface area (Å²) in [6.45, 7) is 7.32. The summed E-state index contributed by atoms with van der Waals surface area (Å²) in [5.74, 6) is 0.490. The molecule has 2 heterocycles. The van der Waals surface area contributed by atoms with Crippen LogP contribution in [0.2, 0.25) is 0 Å². The van der Waals surface area contributed by atoms with Gasteiger partial charge in [-0.15, -0.1) is 5.10 Å². The summed E-state index contributed by atoms with van der Waals surface area (Å²) in [5, 5.41) is 12.4. The lowest BCUT2D eigenvalue weighted by molar-refractivity contribution is -0.155. The van der Waals surface area contributed by atoms with E-state index in [0.29, 0.717) is 24.9 Å². The molecule has 0 spiro atoms. The maximum absolute atomic E-state index is 12.4. The average molecular weight is 311 g/mol. The van der Waals surface area contributed by atoms with Crippen LogP contribution in [0.4, 0.5) is 0 Å². The molecule has 2 aliphatic rings. The topological polar surface area (TPSA) is 73.1 Å². The van der Waals surface area contributed by atoms with Crippen molar-refractivity contribution >= 4 is 17.7 Å². The van der Waals surface area contributed by atoms with Crippen molar-refractivity contribution in [1.82, 2.24) is 25.1 Å². The molecule has 1 amide bonds. The van der Waals surface area contributed by atoms with E-state index >= 15 is 0 Å². The van der Waals surface area contributed by atoms with E-state index in [1.165, 1.54) is 11.8 Å². The lowest BCUT2D eigenvalue weighted by Gasteiger charge is -2.41. The average Bonchev–Trinajstić information content (AvgIpc) is 3.12. The van der Waals surface area contributed by atoms with Gasteiger partial charge in [0.15, 0.2) is 0 Å². The third-order valence-corrected chi connectivity index (χ3v) is 4.52. The maximum Gasteiger partial charge on any atom is 0.233 e. The molecule has 116 valence electrons. The summed E-state index contributed by atoms with van der Waals surface area (Å²) in [7, 11) is 0. The minimum absolute atomic E-state index is 0.0690. The van der Waals surface area contributed by atoms with E-state index in [-0.39, 0.29) is 17.6 Å². The van der Waals surface area contributed by atoms with Gasteiger partial charge >= 0.3 is 0 Å². The molecule has 1 unspecified atom stereocenters. The molecule has 0 N–H and O–H groups in total. The number of morpholine rings is 1. The number of rotatable bonds is 4. The Hall–Kier alpha value is -1.15. The molecule has 1 aliphatic carbocycles.